The molecule has 0 aliphatic heterocycles. The molecule has 0 aliphatic carbocycles. The molecule has 0 bridgehead atoms. The summed E-state index contributed by atoms with van der Waals surface area (Å²) in [4.78, 5) is 16.6. The topological polar surface area (TPSA) is 30.0 Å². The van der Waals surface area contributed by atoms with Crippen LogP contribution < -0.4 is 0 Å². The van der Waals surface area contributed by atoms with Gasteiger partial charge in [-0.15, -0.1) is 22.7 Å². The number of Topliss-reactive ketones (excluding diaryl/α,β-unsaturated/α-hetero) is 1. The highest BCUT2D eigenvalue weighted by molar-refractivity contribution is 9.10. The number of carbonyl (C=O) groups is 1. The van der Waals surface area contributed by atoms with Crippen molar-refractivity contribution in [1.29, 1.82) is 0 Å². The quantitative estimate of drug-likeness (QED) is 0.848. The van der Waals surface area contributed by atoms with Crippen LogP contribution in [0.1, 0.15) is 18.4 Å². The molecule has 0 aromatic carbocycles. The summed E-state index contributed by atoms with van der Waals surface area (Å²) >= 11 is 6.72. The van der Waals surface area contributed by atoms with Gasteiger partial charge < -0.3 is 4.79 Å². The third-order valence-corrected chi connectivity index (χ3v) is 4.68. The van der Waals surface area contributed by atoms with Crippen LogP contribution in [0.25, 0.3) is 10.6 Å². The van der Waals surface area contributed by atoms with E-state index in [9.17, 15) is 4.79 Å². The summed E-state index contributed by atoms with van der Waals surface area (Å²) in [6.45, 7) is 1.62. The third-order valence-electron chi connectivity index (χ3n) is 2.06. The second-order valence-corrected chi connectivity index (χ2v) is 6.23. The molecule has 0 N–H and O–H groups in total. The number of thiophene rings is 1. The SMILES string of the molecule is CC(=O)CCc1nc(-c2cc(Br)cs2)cs1. The Morgan fingerprint density at radius 3 is 2.88 bits per heavy atom. The molecule has 2 nitrogen and oxygen atoms in total. The van der Waals surface area contributed by atoms with E-state index >= 15 is 0 Å². The second kappa shape index (κ2) is 5.21. The first-order valence-electron chi connectivity index (χ1n) is 4.83. The number of aromatic nitrogens is 1. The van der Waals surface area contributed by atoms with Gasteiger partial charge in [0.2, 0.25) is 0 Å². The van der Waals surface area contributed by atoms with Gasteiger partial charge in [0.05, 0.1) is 15.6 Å². The van der Waals surface area contributed by atoms with Crippen molar-refractivity contribution in [2.45, 2.75) is 19.8 Å². The first-order chi connectivity index (χ1) is 7.65. The number of rotatable bonds is 4. The van der Waals surface area contributed by atoms with Gasteiger partial charge in [0.25, 0.3) is 0 Å². The van der Waals surface area contributed by atoms with Crippen LogP contribution in [0.5, 0.6) is 0 Å². The number of carbonyl (C=O) groups excluding carboxylic acids is 1. The van der Waals surface area contributed by atoms with Crippen LogP contribution in [0.15, 0.2) is 21.3 Å². The van der Waals surface area contributed by atoms with E-state index in [1.54, 1.807) is 29.6 Å². The van der Waals surface area contributed by atoms with E-state index in [0.29, 0.717) is 6.42 Å². The third kappa shape index (κ3) is 2.99. The minimum atomic E-state index is 0.218. The van der Waals surface area contributed by atoms with Crippen molar-refractivity contribution in [3.63, 3.8) is 0 Å². The fraction of sp³-hybridized carbons (Fsp3) is 0.273. The molecular weight excluding hydrogens is 306 g/mol. The number of aryl methyl sites for hydroxylation is 1. The van der Waals surface area contributed by atoms with Gasteiger partial charge in [0.15, 0.2) is 0 Å². The molecule has 0 fully saturated rings. The van der Waals surface area contributed by atoms with Crippen molar-refractivity contribution in [3.8, 4) is 10.6 Å². The fourth-order valence-corrected chi connectivity index (χ4v) is 3.53. The van der Waals surface area contributed by atoms with E-state index < -0.39 is 0 Å². The zero-order valence-corrected chi connectivity index (χ0v) is 11.9. The summed E-state index contributed by atoms with van der Waals surface area (Å²) in [6.07, 6.45) is 1.34. The molecule has 16 heavy (non-hydrogen) atoms. The zero-order valence-electron chi connectivity index (χ0n) is 8.70. The van der Waals surface area contributed by atoms with Gasteiger partial charge in [-0.25, -0.2) is 4.98 Å². The van der Waals surface area contributed by atoms with Crippen LogP contribution in [0.4, 0.5) is 0 Å². The van der Waals surface area contributed by atoms with Gasteiger partial charge >= 0.3 is 0 Å². The van der Waals surface area contributed by atoms with E-state index in [1.165, 1.54) is 0 Å². The maximum absolute atomic E-state index is 10.9. The summed E-state index contributed by atoms with van der Waals surface area (Å²) in [5.74, 6) is 0.218. The molecular formula is C11H10BrNOS2. The summed E-state index contributed by atoms with van der Waals surface area (Å²) < 4.78 is 1.09. The van der Waals surface area contributed by atoms with Gasteiger partial charge in [-0.3, -0.25) is 0 Å². The maximum Gasteiger partial charge on any atom is 0.130 e. The second-order valence-electron chi connectivity index (χ2n) is 3.46. The molecule has 0 saturated carbocycles. The summed E-state index contributed by atoms with van der Waals surface area (Å²) in [6, 6.07) is 2.06. The number of ketones is 1. The number of halogens is 1. The Morgan fingerprint density at radius 1 is 1.44 bits per heavy atom. The standard InChI is InChI=1S/C11H10BrNOS2/c1-7(14)2-3-11-13-9(6-16-11)10-4-8(12)5-15-10/h4-6H,2-3H2,1H3. The largest absolute Gasteiger partial charge is 0.300 e. The normalized spacial score (nSPS) is 10.6. The van der Waals surface area contributed by atoms with Crippen LogP contribution in [0, 0.1) is 0 Å². The van der Waals surface area contributed by atoms with Gasteiger partial charge in [-0.05, 0) is 28.9 Å². The molecule has 2 aromatic rings. The average molecular weight is 316 g/mol. The lowest BCUT2D eigenvalue weighted by Gasteiger charge is -1.91. The van der Waals surface area contributed by atoms with Crippen LogP contribution in [-0.2, 0) is 11.2 Å². The molecule has 2 heterocycles. The summed E-state index contributed by atoms with van der Waals surface area (Å²) in [5, 5.41) is 5.13. The first kappa shape index (κ1) is 12.0. The van der Waals surface area contributed by atoms with E-state index in [1.807, 2.05) is 10.8 Å². The van der Waals surface area contributed by atoms with Crippen molar-refractivity contribution < 1.29 is 4.79 Å². The van der Waals surface area contributed by atoms with Gasteiger partial charge in [0, 0.05) is 28.1 Å². The van der Waals surface area contributed by atoms with Crippen LogP contribution in [-0.4, -0.2) is 10.8 Å². The van der Waals surface area contributed by atoms with Gasteiger partial charge in [-0.2, -0.15) is 0 Å². The monoisotopic (exact) mass is 315 g/mol. The minimum absolute atomic E-state index is 0.218. The van der Waals surface area contributed by atoms with Crippen molar-refractivity contribution in [1.82, 2.24) is 4.98 Å². The molecule has 0 atom stereocenters. The Hall–Kier alpha value is -0.520. The van der Waals surface area contributed by atoms with Gasteiger partial charge in [-0.1, -0.05) is 0 Å². The van der Waals surface area contributed by atoms with E-state index in [2.05, 4.69) is 27.0 Å². The number of hydrogen-bond acceptors (Lipinski definition) is 4. The molecule has 84 valence electrons. The minimum Gasteiger partial charge on any atom is -0.300 e. The molecule has 5 heteroatoms. The van der Waals surface area contributed by atoms with Crippen LogP contribution in [0.2, 0.25) is 0 Å². The number of nitrogens with zero attached hydrogens (tertiary/aromatic N) is 1. The molecule has 0 spiro atoms. The van der Waals surface area contributed by atoms with Crippen molar-refractivity contribution in [2.75, 3.05) is 0 Å². The highest BCUT2D eigenvalue weighted by Crippen LogP contribution is 2.30. The fourth-order valence-electron chi connectivity index (χ4n) is 1.27. The predicted octanol–water partition coefficient (Wildman–Crippen LogP) is 4.16. The van der Waals surface area contributed by atoms with Crippen LogP contribution in [0.3, 0.4) is 0 Å². The van der Waals surface area contributed by atoms with Crippen molar-refractivity contribution in [2.24, 2.45) is 0 Å². The molecule has 0 unspecified atom stereocenters. The zero-order chi connectivity index (χ0) is 11.5. The lowest BCUT2D eigenvalue weighted by atomic mass is 10.2. The summed E-state index contributed by atoms with van der Waals surface area (Å²) in [5.41, 5.74) is 1.01. The number of hydrogen-bond donors (Lipinski definition) is 0. The van der Waals surface area contributed by atoms with E-state index in [-0.39, 0.29) is 5.78 Å². The average Bonchev–Trinajstić information content (AvgIpc) is 2.83. The maximum atomic E-state index is 10.9. The van der Waals surface area contributed by atoms with E-state index in [0.717, 1.165) is 26.5 Å². The predicted molar refractivity (Wildman–Crippen MR) is 72.1 cm³/mol. The Morgan fingerprint density at radius 2 is 2.25 bits per heavy atom. The smallest absolute Gasteiger partial charge is 0.130 e. The highest BCUT2D eigenvalue weighted by Gasteiger charge is 2.07. The Balaban J connectivity index is 2.10. The summed E-state index contributed by atoms with van der Waals surface area (Å²) in [7, 11) is 0. The van der Waals surface area contributed by atoms with Crippen molar-refractivity contribution in [3.05, 3.63) is 26.3 Å². The molecule has 0 amide bonds. The lowest BCUT2D eigenvalue weighted by molar-refractivity contribution is -0.116. The van der Waals surface area contributed by atoms with Crippen LogP contribution >= 0.6 is 38.6 Å². The van der Waals surface area contributed by atoms with Gasteiger partial charge in [0.1, 0.15) is 5.78 Å². The molecule has 0 aliphatic rings. The molecule has 2 rings (SSSR count). The molecule has 0 radical (unpaired) electrons. The Labute approximate surface area is 110 Å². The lowest BCUT2D eigenvalue weighted by Crippen LogP contribution is -1.93. The molecule has 0 saturated heterocycles. The first-order valence-corrected chi connectivity index (χ1v) is 7.38. The number of thiazole rings is 1. The van der Waals surface area contributed by atoms with E-state index in [4.69, 9.17) is 0 Å². The Bertz CT molecular complexity index is 504. The highest BCUT2D eigenvalue weighted by atomic mass is 79.9. The van der Waals surface area contributed by atoms with Crippen molar-refractivity contribution >= 4 is 44.4 Å². The Kier molecular flexibility index (Phi) is 3.89. The molecule has 2 aromatic heterocycles.